The Bertz CT molecular complexity index is 211. The van der Waals surface area contributed by atoms with Crippen LogP contribution in [0.2, 0.25) is 0 Å². The number of hydrogen-bond acceptors (Lipinski definition) is 2. The Kier molecular flexibility index (Phi) is 4.26. The molecule has 0 amide bonds. The molecule has 2 rings (SSSR count). The Morgan fingerprint density at radius 1 is 1.06 bits per heavy atom. The van der Waals surface area contributed by atoms with Crippen molar-refractivity contribution in [3.63, 3.8) is 0 Å². The molecular weight excluding hydrogens is 198 g/mol. The summed E-state index contributed by atoms with van der Waals surface area (Å²) in [5, 5.41) is 10.1. The molecule has 2 aliphatic rings. The second kappa shape index (κ2) is 5.50. The lowest BCUT2D eigenvalue weighted by molar-refractivity contribution is 0.0364. The van der Waals surface area contributed by atoms with Gasteiger partial charge in [0.15, 0.2) is 0 Å². The summed E-state index contributed by atoms with van der Waals surface area (Å²) in [5.41, 5.74) is 0. The van der Waals surface area contributed by atoms with E-state index in [4.69, 9.17) is 0 Å². The number of aliphatic hydroxyl groups excluding tert-OH is 1. The fraction of sp³-hybridized carbons (Fsp3) is 1.00. The van der Waals surface area contributed by atoms with Crippen molar-refractivity contribution < 1.29 is 5.11 Å². The first-order valence-corrected chi connectivity index (χ1v) is 7.12. The van der Waals surface area contributed by atoms with Gasteiger partial charge >= 0.3 is 0 Å². The topological polar surface area (TPSA) is 23.5 Å². The van der Waals surface area contributed by atoms with Crippen LogP contribution >= 0.6 is 0 Å². The SMILES string of the molecule is CC(C)CN(C1CCCC1)C1CCCC1O. The molecule has 2 fully saturated rings. The largest absolute Gasteiger partial charge is 0.391 e. The Labute approximate surface area is 100 Å². The highest BCUT2D eigenvalue weighted by Gasteiger charge is 2.35. The van der Waals surface area contributed by atoms with Gasteiger partial charge in [0.1, 0.15) is 0 Å². The van der Waals surface area contributed by atoms with Crippen LogP contribution in [0.3, 0.4) is 0 Å². The average Bonchev–Trinajstić information content (AvgIpc) is 2.84. The van der Waals surface area contributed by atoms with Crippen molar-refractivity contribution in [2.45, 2.75) is 77.0 Å². The normalized spacial score (nSPS) is 32.1. The third kappa shape index (κ3) is 2.78. The summed E-state index contributed by atoms with van der Waals surface area (Å²) in [6, 6.07) is 1.23. The van der Waals surface area contributed by atoms with Gasteiger partial charge in [-0.1, -0.05) is 26.7 Å². The number of rotatable bonds is 4. The Morgan fingerprint density at radius 3 is 2.25 bits per heavy atom. The van der Waals surface area contributed by atoms with Crippen LogP contribution in [-0.2, 0) is 0 Å². The minimum absolute atomic E-state index is 0.0562. The second-order valence-corrected chi connectivity index (χ2v) is 6.09. The highest BCUT2D eigenvalue weighted by molar-refractivity contribution is 4.90. The summed E-state index contributed by atoms with van der Waals surface area (Å²) < 4.78 is 0. The zero-order valence-electron chi connectivity index (χ0n) is 10.9. The first-order valence-electron chi connectivity index (χ1n) is 7.12. The zero-order chi connectivity index (χ0) is 11.5. The third-order valence-corrected chi connectivity index (χ3v) is 4.24. The number of hydrogen-bond donors (Lipinski definition) is 1. The monoisotopic (exact) mass is 225 g/mol. The zero-order valence-corrected chi connectivity index (χ0v) is 10.9. The Morgan fingerprint density at radius 2 is 1.75 bits per heavy atom. The lowest BCUT2D eigenvalue weighted by Crippen LogP contribution is -2.47. The number of aliphatic hydroxyl groups is 1. The predicted octanol–water partition coefficient (Wildman–Crippen LogP) is 2.80. The standard InChI is InChI=1S/C14H27NO/c1-11(2)10-15(12-6-3-4-7-12)13-8-5-9-14(13)16/h11-14,16H,3-10H2,1-2H3. The van der Waals surface area contributed by atoms with Crippen molar-refractivity contribution in [3.8, 4) is 0 Å². The first kappa shape index (κ1) is 12.4. The first-order chi connectivity index (χ1) is 7.68. The molecule has 94 valence electrons. The Balaban J connectivity index is 2.00. The van der Waals surface area contributed by atoms with Crippen LogP contribution in [0.25, 0.3) is 0 Å². The van der Waals surface area contributed by atoms with Gasteiger partial charge in [-0.3, -0.25) is 4.90 Å². The summed E-state index contributed by atoms with van der Waals surface area (Å²) in [4.78, 5) is 2.65. The van der Waals surface area contributed by atoms with E-state index < -0.39 is 0 Å². The van der Waals surface area contributed by atoms with Gasteiger partial charge in [0.2, 0.25) is 0 Å². The molecule has 2 nitrogen and oxygen atoms in total. The van der Waals surface area contributed by atoms with E-state index in [0.717, 1.165) is 12.5 Å². The van der Waals surface area contributed by atoms with Gasteiger partial charge in [-0.15, -0.1) is 0 Å². The van der Waals surface area contributed by atoms with Gasteiger partial charge < -0.3 is 5.11 Å². The van der Waals surface area contributed by atoms with E-state index in [1.54, 1.807) is 0 Å². The van der Waals surface area contributed by atoms with Crippen molar-refractivity contribution in [2.24, 2.45) is 5.92 Å². The molecule has 0 aromatic rings. The average molecular weight is 225 g/mol. The molecular formula is C14H27NO. The minimum Gasteiger partial charge on any atom is -0.391 e. The molecule has 2 aliphatic carbocycles. The van der Waals surface area contributed by atoms with Crippen molar-refractivity contribution in [1.82, 2.24) is 4.90 Å². The van der Waals surface area contributed by atoms with Crippen molar-refractivity contribution in [3.05, 3.63) is 0 Å². The van der Waals surface area contributed by atoms with E-state index >= 15 is 0 Å². The van der Waals surface area contributed by atoms with E-state index in [2.05, 4.69) is 18.7 Å². The molecule has 1 N–H and O–H groups in total. The highest BCUT2D eigenvalue weighted by atomic mass is 16.3. The van der Waals surface area contributed by atoms with E-state index in [1.807, 2.05) is 0 Å². The van der Waals surface area contributed by atoms with Gasteiger partial charge in [-0.25, -0.2) is 0 Å². The molecule has 0 heterocycles. The molecule has 0 aromatic heterocycles. The molecule has 0 aromatic carbocycles. The molecule has 16 heavy (non-hydrogen) atoms. The maximum Gasteiger partial charge on any atom is 0.0695 e. The van der Waals surface area contributed by atoms with Crippen LogP contribution in [0.5, 0.6) is 0 Å². The molecule has 2 heteroatoms. The van der Waals surface area contributed by atoms with Crippen LogP contribution < -0.4 is 0 Å². The summed E-state index contributed by atoms with van der Waals surface area (Å²) in [5.74, 6) is 0.716. The van der Waals surface area contributed by atoms with Crippen LogP contribution in [0.15, 0.2) is 0 Å². The van der Waals surface area contributed by atoms with E-state index in [-0.39, 0.29) is 6.10 Å². The molecule has 0 spiro atoms. The third-order valence-electron chi connectivity index (χ3n) is 4.24. The lowest BCUT2D eigenvalue weighted by Gasteiger charge is -2.37. The van der Waals surface area contributed by atoms with Gasteiger partial charge in [0.05, 0.1) is 6.10 Å². The van der Waals surface area contributed by atoms with Crippen molar-refractivity contribution >= 4 is 0 Å². The fourth-order valence-corrected chi connectivity index (χ4v) is 3.52. The fourth-order valence-electron chi connectivity index (χ4n) is 3.52. The summed E-state index contributed by atoms with van der Waals surface area (Å²) in [6.07, 6.45) is 8.89. The van der Waals surface area contributed by atoms with Gasteiger partial charge in [-0.2, -0.15) is 0 Å². The summed E-state index contributed by atoms with van der Waals surface area (Å²) >= 11 is 0. The van der Waals surface area contributed by atoms with Gasteiger partial charge in [0.25, 0.3) is 0 Å². The van der Waals surface area contributed by atoms with Gasteiger partial charge in [0, 0.05) is 18.6 Å². The molecule has 0 radical (unpaired) electrons. The maximum atomic E-state index is 10.1. The lowest BCUT2D eigenvalue weighted by atomic mass is 10.0. The quantitative estimate of drug-likeness (QED) is 0.795. The minimum atomic E-state index is -0.0562. The maximum absolute atomic E-state index is 10.1. The molecule has 0 aliphatic heterocycles. The van der Waals surface area contributed by atoms with Crippen molar-refractivity contribution in [2.75, 3.05) is 6.54 Å². The summed E-state index contributed by atoms with van der Waals surface area (Å²) in [6.45, 7) is 5.76. The van der Waals surface area contributed by atoms with Crippen molar-refractivity contribution in [1.29, 1.82) is 0 Å². The second-order valence-electron chi connectivity index (χ2n) is 6.09. The van der Waals surface area contributed by atoms with Crippen LogP contribution in [0.1, 0.15) is 58.8 Å². The van der Waals surface area contributed by atoms with Crippen LogP contribution in [0, 0.1) is 5.92 Å². The summed E-state index contributed by atoms with van der Waals surface area (Å²) in [7, 11) is 0. The van der Waals surface area contributed by atoms with E-state index in [9.17, 15) is 5.11 Å². The van der Waals surface area contributed by atoms with Crippen LogP contribution in [-0.4, -0.2) is 34.7 Å². The molecule has 0 saturated heterocycles. The molecule has 0 bridgehead atoms. The van der Waals surface area contributed by atoms with E-state index in [1.165, 1.54) is 45.1 Å². The highest BCUT2D eigenvalue weighted by Crippen LogP contribution is 2.32. The molecule has 2 unspecified atom stereocenters. The van der Waals surface area contributed by atoms with Crippen LogP contribution in [0.4, 0.5) is 0 Å². The Hall–Kier alpha value is -0.0800. The number of nitrogens with zero attached hydrogens (tertiary/aromatic N) is 1. The molecule has 2 atom stereocenters. The van der Waals surface area contributed by atoms with Gasteiger partial charge in [-0.05, 0) is 38.0 Å². The van der Waals surface area contributed by atoms with E-state index in [0.29, 0.717) is 12.0 Å². The predicted molar refractivity (Wildman–Crippen MR) is 67.4 cm³/mol. The smallest absolute Gasteiger partial charge is 0.0695 e. The molecule has 2 saturated carbocycles.